The fourth-order valence-corrected chi connectivity index (χ4v) is 3.13. The van der Waals surface area contributed by atoms with Crippen LogP contribution in [0.3, 0.4) is 0 Å². The van der Waals surface area contributed by atoms with Crippen LogP contribution >= 0.6 is 0 Å². The highest BCUT2D eigenvalue weighted by Gasteiger charge is 2.95. The van der Waals surface area contributed by atoms with Crippen molar-refractivity contribution >= 4 is 25.2 Å². The molecule has 0 N–H and O–H groups in total. The van der Waals surface area contributed by atoms with Crippen LogP contribution in [-0.2, 0) is 42.6 Å². The van der Waals surface area contributed by atoms with Crippen molar-refractivity contribution in [1.29, 1.82) is 0 Å². The van der Waals surface area contributed by atoms with Crippen molar-refractivity contribution < 1.29 is 82.1 Å². The third kappa shape index (κ3) is 2.79. The van der Waals surface area contributed by atoms with Gasteiger partial charge < -0.3 is 28.2 Å². The van der Waals surface area contributed by atoms with Crippen molar-refractivity contribution in [3.05, 3.63) is 0 Å². The van der Waals surface area contributed by atoms with E-state index in [1.807, 2.05) is 0 Å². The van der Waals surface area contributed by atoms with Crippen LogP contribution in [0.4, 0.5) is 39.5 Å². The summed E-state index contributed by atoms with van der Waals surface area (Å²) in [4.78, 5) is 33.9. The molecule has 3 unspecified atom stereocenters. The maximum atomic E-state index is 14.6. The molecule has 0 heterocycles. The lowest BCUT2D eigenvalue weighted by molar-refractivity contribution is -0.172. The topological polar surface area (TPSA) is 107 Å². The average Bonchev–Trinajstić information content (AvgIpc) is 3.57. The number of carbonyl (C=O) groups is 3. The summed E-state index contributed by atoms with van der Waals surface area (Å²) in [6, 6.07) is 0. The highest BCUT2D eigenvalue weighted by Crippen LogP contribution is 2.64. The Bertz CT molecular complexity index is 820. The van der Waals surface area contributed by atoms with E-state index in [0.29, 0.717) is 21.3 Å². The zero-order valence-electron chi connectivity index (χ0n) is 16.9. The first-order valence-corrected chi connectivity index (χ1v) is 8.79. The van der Waals surface area contributed by atoms with Gasteiger partial charge in [-0.3, -0.25) is 0 Å². The van der Waals surface area contributed by atoms with Gasteiger partial charge in [-0.1, -0.05) is 0 Å². The molecule has 0 aromatic carbocycles. The van der Waals surface area contributed by atoms with Gasteiger partial charge in [-0.05, 0) is 0 Å². The van der Waals surface area contributed by atoms with Crippen molar-refractivity contribution in [2.45, 2.75) is 53.1 Å². The minimum Gasteiger partial charge on any atom is -0.466 e. The van der Waals surface area contributed by atoms with Crippen LogP contribution in [0.25, 0.3) is 0 Å². The van der Waals surface area contributed by atoms with Gasteiger partial charge >= 0.3 is 42.2 Å². The highest BCUT2D eigenvalue weighted by atomic mass is 19.2. The lowest BCUT2D eigenvalue weighted by Gasteiger charge is -2.22. The van der Waals surface area contributed by atoms with E-state index in [0.717, 1.165) is 0 Å². The van der Waals surface area contributed by atoms with Gasteiger partial charge in [0.05, 0.1) is 21.3 Å². The second-order valence-corrected chi connectivity index (χ2v) is 7.27. The molecule has 0 aromatic rings. The van der Waals surface area contributed by atoms with E-state index in [2.05, 4.69) is 28.2 Å². The molecule has 0 aromatic heterocycles. The predicted octanol–water partition coefficient (Wildman–Crippen LogP) is 0.717. The molecule has 9 nitrogen and oxygen atoms in total. The third-order valence-corrected chi connectivity index (χ3v) is 5.51. The van der Waals surface area contributed by atoms with Crippen LogP contribution in [0.15, 0.2) is 0 Å². The molecule has 0 amide bonds. The lowest BCUT2D eigenvalue weighted by atomic mass is 10.2. The van der Waals surface area contributed by atoms with Crippen molar-refractivity contribution in [1.82, 2.24) is 0 Å². The first kappa shape index (κ1) is 26.3. The van der Waals surface area contributed by atoms with E-state index in [1.54, 1.807) is 0 Å². The molecule has 0 bridgehead atoms. The van der Waals surface area contributed by atoms with Crippen LogP contribution < -0.4 is 0 Å². The van der Waals surface area contributed by atoms with Gasteiger partial charge in [0, 0.05) is 0 Å². The number of hydrogen-bond acceptors (Lipinski definition) is 9. The second kappa shape index (κ2) is 7.36. The van der Waals surface area contributed by atoms with Gasteiger partial charge in [0.25, 0.3) is 17.6 Å². The Labute approximate surface area is 182 Å². The van der Waals surface area contributed by atoms with E-state index in [9.17, 15) is 53.9 Å². The summed E-state index contributed by atoms with van der Waals surface area (Å²) in [5.74, 6) is -20.7. The highest BCUT2D eigenvalue weighted by molar-refractivity contribution is 6.37. The molecule has 0 spiro atoms. The van der Waals surface area contributed by atoms with Gasteiger partial charge in [0.15, 0.2) is 0 Å². The van der Waals surface area contributed by atoms with E-state index in [1.165, 1.54) is 0 Å². The standard InChI is InChI=1S/C15H12BF9O9/c1-29-7(26)10(20)4(17)13(10,23)32-16(33-14(24)5(18)11(14,21)8(27)30-2)34-15(25)6(19)12(15,22)9(28)31-3/h4-6H,1-3H3/t4?,5?,6?,10-,11-,12-,13-,14-,15-/m0/s1. The van der Waals surface area contributed by atoms with Crippen molar-refractivity contribution in [2.75, 3.05) is 21.3 Å². The third-order valence-electron chi connectivity index (χ3n) is 5.51. The summed E-state index contributed by atoms with van der Waals surface area (Å²) >= 11 is 0. The Balaban J connectivity index is 1.93. The maximum absolute atomic E-state index is 14.6. The molecular weight excluding hydrogens is 506 g/mol. The number of alkyl halides is 9. The Morgan fingerprint density at radius 1 is 0.559 bits per heavy atom. The van der Waals surface area contributed by atoms with Gasteiger partial charge in [-0.15, -0.1) is 0 Å². The SMILES string of the molecule is COC(=O)[C@@]1(F)C(F)[C@]1(F)OB(O[C@@]1(F)C(F)[C@]1(F)C(=O)OC)O[C@@]1(F)C(F)[C@]1(F)C(=O)OC. The molecule has 3 aliphatic carbocycles. The quantitative estimate of drug-likeness (QED) is 0.189. The minimum absolute atomic E-state index is 0.449. The van der Waals surface area contributed by atoms with Crippen LogP contribution in [0, 0.1) is 0 Å². The molecule has 3 rings (SSSR count). The molecule has 192 valence electrons. The smallest absolute Gasteiger partial charge is 0.466 e. The number of halogens is 9. The Morgan fingerprint density at radius 2 is 0.765 bits per heavy atom. The van der Waals surface area contributed by atoms with Crippen LogP contribution in [0.2, 0.25) is 0 Å². The molecule has 0 aliphatic heterocycles. The van der Waals surface area contributed by atoms with Crippen molar-refractivity contribution in [3.8, 4) is 0 Å². The molecule has 0 radical (unpaired) electrons. The maximum Gasteiger partial charge on any atom is 0.646 e. The van der Waals surface area contributed by atoms with Crippen molar-refractivity contribution in [3.63, 3.8) is 0 Å². The average molecular weight is 518 g/mol. The van der Waals surface area contributed by atoms with E-state index in [4.69, 9.17) is 0 Å². The van der Waals surface area contributed by atoms with Crippen LogP contribution in [0.5, 0.6) is 0 Å². The van der Waals surface area contributed by atoms with Crippen LogP contribution in [0.1, 0.15) is 0 Å². The predicted molar refractivity (Wildman–Crippen MR) is 82.8 cm³/mol. The normalized spacial score (nSPS) is 48.5. The molecule has 34 heavy (non-hydrogen) atoms. The minimum atomic E-state index is -4.60. The number of hydrogen-bond donors (Lipinski definition) is 0. The second-order valence-electron chi connectivity index (χ2n) is 7.27. The number of rotatable bonds is 9. The number of esters is 3. The van der Waals surface area contributed by atoms with Gasteiger partial charge in [-0.2, -0.15) is 0 Å². The Morgan fingerprint density at radius 3 is 0.941 bits per heavy atom. The Hall–Kier alpha value is -2.28. The number of methoxy groups -OCH3 is 3. The molecule has 19 heteroatoms. The van der Waals surface area contributed by atoms with Gasteiger partial charge in [0.2, 0.25) is 18.5 Å². The van der Waals surface area contributed by atoms with E-state index in [-0.39, 0.29) is 0 Å². The monoisotopic (exact) mass is 518 g/mol. The molecule has 9 atom stereocenters. The number of ether oxygens (including phenoxy) is 3. The molecule has 3 aliphatic rings. The zero-order valence-corrected chi connectivity index (χ0v) is 16.9. The largest absolute Gasteiger partial charge is 0.646 e. The Kier molecular flexibility index (Phi) is 5.70. The van der Waals surface area contributed by atoms with Crippen LogP contribution in [-0.4, -0.2) is 99.6 Å². The summed E-state index contributed by atoms with van der Waals surface area (Å²) in [5, 5.41) is 0. The summed E-state index contributed by atoms with van der Waals surface area (Å²) in [7, 11) is -2.49. The van der Waals surface area contributed by atoms with E-state index < -0.39 is 78.3 Å². The number of carbonyl (C=O) groups excluding carboxylic acids is 3. The van der Waals surface area contributed by atoms with Crippen molar-refractivity contribution in [2.24, 2.45) is 0 Å². The first-order chi connectivity index (χ1) is 15.4. The van der Waals surface area contributed by atoms with Gasteiger partial charge in [-0.25, -0.2) is 53.9 Å². The molecular formula is C15H12BF9O9. The summed E-state index contributed by atoms with van der Waals surface area (Å²) in [5.41, 5.74) is -13.1. The molecule has 0 saturated heterocycles. The zero-order chi connectivity index (χ0) is 26.3. The summed E-state index contributed by atoms with van der Waals surface area (Å²) in [6.07, 6.45) is -10.9. The fourth-order valence-electron chi connectivity index (χ4n) is 3.13. The van der Waals surface area contributed by atoms with Gasteiger partial charge in [0.1, 0.15) is 0 Å². The lowest BCUT2D eigenvalue weighted by Crippen LogP contribution is -2.46. The summed E-state index contributed by atoms with van der Waals surface area (Å²) in [6.45, 7) is 0. The first-order valence-electron chi connectivity index (χ1n) is 8.79. The molecule has 3 saturated carbocycles. The van der Waals surface area contributed by atoms with E-state index >= 15 is 0 Å². The fraction of sp³-hybridized carbons (Fsp3) is 0.800. The summed E-state index contributed by atoms with van der Waals surface area (Å²) < 4.78 is 151. The molecule has 3 fully saturated rings.